The van der Waals surface area contributed by atoms with Crippen molar-refractivity contribution in [1.29, 1.82) is 0 Å². The summed E-state index contributed by atoms with van der Waals surface area (Å²) < 4.78 is 0. The Morgan fingerprint density at radius 1 is 0.500 bits per heavy atom. The molecule has 0 heterocycles. The van der Waals surface area contributed by atoms with Crippen LogP contribution in [0.1, 0.15) is 23.1 Å². The Labute approximate surface area is 224 Å². The van der Waals surface area contributed by atoms with Gasteiger partial charge in [0.1, 0.15) is 0 Å². The predicted molar refractivity (Wildman–Crippen MR) is 162 cm³/mol. The standard InChI is InChI=1S/C38H28/c1-3-16-30(17-4-1)35-24-11-12-27-38(35,31-19-5-2-6-20-31)36-26-25-29-15-8-10-22-33(29)37(36)34-23-13-18-28-14-7-9-21-32(28)34/h1-26H,27H2. The van der Waals surface area contributed by atoms with Gasteiger partial charge in [0.05, 0.1) is 0 Å². The summed E-state index contributed by atoms with van der Waals surface area (Å²) in [5.41, 5.74) is 7.53. The van der Waals surface area contributed by atoms with Crippen molar-refractivity contribution in [2.45, 2.75) is 11.8 Å². The second-order valence-corrected chi connectivity index (χ2v) is 10.1. The summed E-state index contributed by atoms with van der Waals surface area (Å²) in [4.78, 5) is 0. The molecule has 0 saturated carbocycles. The third-order valence-corrected chi connectivity index (χ3v) is 8.08. The van der Waals surface area contributed by atoms with Crippen LogP contribution in [0.5, 0.6) is 0 Å². The lowest BCUT2D eigenvalue weighted by atomic mass is 9.61. The molecule has 0 spiro atoms. The van der Waals surface area contributed by atoms with Crippen LogP contribution < -0.4 is 0 Å². The van der Waals surface area contributed by atoms with E-state index in [9.17, 15) is 0 Å². The summed E-state index contributed by atoms with van der Waals surface area (Å²) in [6.45, 7) is 0. The molecule has 7 rings (SSSR count). The molecular formula is C38H28. The molecular weight excluding hydrogens is 456 g/mol. The van der Waals surface area contributed by atoms with Crippen LogP contribution in [0, 0.1) is 0 Å². The SMILES string of the molecule is C1=CCC(c2ccccc2)(c2ccc3ccccc3c2-c2cccc3ccccc23)C(c2ccccc2)=C1. The summed E-state index contributed by atoms with van der Waals surface area (Å²) in [5, 5.41) is 5.10. The minimum atomic E-state index is -0.340. The number of rotatable bonds is 4. The molecule has 0 N–H and O–H groups in total. The Kier molecular flexibility index (Phi) is 5.52. The quantitative estimate of drug-likeness (QED) is 0.233. The molecule has 1 atom stereocenters. The first-order valence-corrected chi connectivity index (χ1v) is 13.3. The van der Waals surface area contributed by atoms with E-state index in [2.05, 4.69) is 158 Å². The molecule has 0 radical (unpaired) electrons. The molecule has 1 unspecified atom stereocenters. The highest BCUT2D eigenvalue weighted by atomic mass is 14.4. The van der Waals surface area contributed by atoms with Gasteiger partial charge in [0.15, 0.2) is 0 Å². The number of allylic oxidation sites excluding steroid dienone is 4. The minimum absolute atomic E-state index is 0.340. The van der Waals surface area contributed by atoms with Crippen molar-refractivity contribution < 1.29 is 0 Å². The van der Waals surface area contributed by atoms with Crippen molar-refractivity contribution in [3.05, 3.63) is 174 Å². The molecule has 6 aromatic rings. The molecule has 0 fully saturated rings. The summed E-state index contributed by atoms with van der Waals surface area (Å²) in [6.07, 6.45) is 7.78. The van der Waals surface area contributed by atoms with Gasteiger partial charge in [0.25, 0.3) is 0 Å². The summed E-state index contributed by atoms with van der Waals surface area (Å²) in [5.74, 6) is 0. The van der Waals surface area contributed by atoms with Crippen molar-refractivity contribution in [3.63, 3.8) is 0 Å². The minimum Gasteiger partial charge on any atom is -0.0830 e. The molecule has 0 saturated heterocycles. The van der Waals surface area contributed by atoms with E-state index in [0.29, 0.717) is 0 Å². The second kappa shape index (κ2) is 9.32. The highest BCUT2D eigenvalue weighted by Gasteiger charge is 2.41. The van der Waals surface area contributed by atoms with Crippen molar-refractivity contribution >= 4 is 27.1 Å². The smallest absolute Gasteiger partial charge is 0.0498 e. The molecule has 180 valence electrons. The normalized spacial score (nSPS) is 17.0. The molecule has 0 bridgehead atoms. The third kappa shape index (κ3) is 3.53. The lowest BCUT2D eigenvalue weighted by Crippen LogP contribution is -2.31. The van der Waals surface area contributed by atoms with E-state index in [1.165, 1.54) is 54.9 Å². The van der Waals surface area contributed by atoms with Crippen LogP contribution in [-0.2, 0) is 5.41 Å². The molecule has 0 heteroatoms. The molecule has 6 aromatic carbocycles. The van der Waals surface area contributed by atoms with Crippen molar-refractivity contribution in [3.8, 4) is 11.1 Å². The van der Waals surface area contributed by atoms with Gasteiger partial charge < -0.3 is 0 Å². The number of benzene rings is 6. The maximum absolute atomic E-state index is 2.39. The molecule has 1 aliphatic carbocycles. The van der Waals surface area contributed by atoms with Gasteiger partial charge in [-0.15, -0.1) is 0 Å². The average molecular weight is 485 g/mol. The van der Waals surface area contributed by atoms with Gasteiger partial charge in [-0.3, -0.25) is 0 Å². The van der Waals surface area contributed by atoms with Gasteiger partial charge in [-0.05, 0) is 61.4 Å². The van der Waals surface area contributed by atoms with E-state index >= 15 is 0 Å². The first-order valence-electron chi connectivity index (χ1n) is 13.3. The Morgan fingerprint density at radius 2 is 1.13 bits per heavy atom. The van der Waals surface area contributed by atoms with E-state index in [4.69, 9.17) is 0 Å². The van der Waals surface area contributed by atoms with Gasteiger partial charge in [-0.2, -0.15) is 0 Å². The molecule has 0 aliphatic heterocycles. The third-order valence-electron chi connectivity index (χ3n) is 8.08. The Balaban J connectivity index is 1.65. The largest absolute Gasteiger partial charge is 0.0830 e. The van der Waals surface area contributed by atoms with Gasteiger partial charge in [0, 0.05) is 5.41 Å². The van der Waals surface area contributed by atoms with Gasteiger partial charge >= 0.3 is 0 Å². The number of fused-ring (bicyclic) bond motifs is 2. The first-order chi connectivity index (χ1) is 18.9. The van der Waals surface area contributed by atoms with Crippen molar-refractivity contribution in [1.82, 2.24) is 0 Å². The van der Waals surface area contributed by atoms with Gasteiger partial charge in [-0.25, -0.2) is 0 Å². The zero-order chi connectivity index (χ0) is 25.4. The molecule has 0 nitrogen and oxygen atoms in total. The van der Waals surface area contributed by atoms with Gasteiger partial charge in [0.2, 0.25) is 0 Å². The first kappa shape index (κ1) is 22.5. The predicted octanol–water partition coefficient (Wildman–Crippen LogP) is 9.99. The monoisotopic (exact) mass is 484 g/mol. The van der Waals surface area contributed by atoms with E-state index in [1.807, 2.05) is 0 Å². The van der Waals surface area contributed by atoms with E-state index in [1.54, 1.807) is 0 Å². The lowest BCUT2D eigenvalue weighted by Gasteiger charge is -2.40. The fourth-order valence-corrected chi connectivity index (χ4v) is 6.39. The number of hydrogen-bond acceptors (Lipinski definition) is 0. The van der Waals surface area contributed by atoms with Crippen LogP contribution in [0.4, 0.5) is 0 Å². The Morgan fingerprint density at radius 3 is 1.92 bits per heavy atom. The molecule has 38 heavy (non-hydrogen) atoms. The highest BCUT2D eigenvalue weighted by molar-refractivity contribution is 6.08. The van der Waals surface area contributed by atoms with Crippen LogP contribution >= 0.6 is 0 Å². The van der Waals surface area contributed by atoms with Crippen LogP contribution in [0.15, 0.2) is 158 Å². The second-order valence-electron chi connectivity index (χ2n) is 10.1. The Hall–Kier alpha value is -4.68. The Bertz CT molecular complexity index is 1820. The maximum atomic E-state index is 2.39. The van der Waals surface area contributed by atoms with Crippen LogP contribution in [-0.4, -0.2) is 0 Å². The van der Waals surface area contributed by atoms with Crippen LogP contribution in [0.3, 0.4) is 0 Å². The van der Waals surface area contributed by atoms with E-state index < -0.39 is 0 Å². The topological polar surface area (TPSA) is 0 Å². The van der Waals surface area contributed by atoms with Crippen molar-refractivity contribution in [2.24, 2.45) is 0 Å². The molecule has 1 aliphatic rings. The average Bonchev–Trinajstić information content (AvgIpc) is 3.01. The lowest BCUT2D eigenvalue weighted by molar-refractivity contribution is 0.671. The molecule has 0 amide bonds. The summed E-state index contributed by atoms with van der Waals surface area (Å²) >= 11 is 0. The van der Waals surface area contributed by atoms with Crippen LogP contribution in [0.25, 0.3) is 38.2 Å². The fraction of sp³-hybridized carbons (Fsp3) is 0.0526. The zero-order valence-electron chi connectivity index (χ0n) is 21.2. The van der Waals surface area contributed by atoms with E-state index in [-0.39, 0.29) is 5.41 Å². The maximum Gasteiger partial charge on any atom is 0.0498 e. The number of hydrogen-bond donors (Lipinski definition) is 0. The van der Waals surface area contributed by atoms with Crippen LogP contribution in [0.2, 0.25) is 0 Å². The van der Waals surface area contributed by atoms with E-state index in [0.717, 1.165) is 6.42 Å². The zero-order valence-corrected chi connectivity index (χ0v) is 21.2. The van der Waals surface area contributed by atoms with Crippen molar-refractivity contribution in [2.75, 3.05) is 0 Å². The fourth-order valence-electron chi connectivity index (χ4n) is 6.39. The summed E-state index contributed by atoms with van der Waals surface area (Å²) in [7, 11) is 0. The summed E-state index contributed by atoms with van der Waals surface area (Å²) in [6, 6.07) is 51.0. The molecule has 0 aromatic heterocycles. The van der Waals surface area contributed by atoms with Gasteiger partial charge in [-0.1, -0.05) is 158 Å². The highest BCUT2D eigenvalue weighted by Crippen LogP contribution is 2.53.